The van der Waals surface area contributed by atoms with Crippen molar-refractivity contribution in [2.24, 2.45) is 0 Å². The number of phenols is 4. The van der Waals surface area contributed by atoms with Gasteiger partial charge in [0.25, 0.3) is 0 Å². The van der Waals surface area contributed by atoms with E-state index in [0.29, 0.717) is 0 Å². The van der Waals surface area contributed by atoms with Crippen LogP contribution < -0.4 is 0 Å². The molecule has 4 nitrogen and oxygen atoms in total. The third-order valence-electron chi connectivity index (χ3n) is 5.26. The zero-order valence-electron chi connectivity index (χ0n) is 17.9. The SMILES string of the molecule is Oc1cc(O)cc(CCCCC/C=C\CCCCCCCc2cc(O)cc(O)c2)c1. The predicted octanol–water partition coefficient (Wildman–Crippen LogP) is 6.75. The number of allylic oxidation sites excluding steroid dienone is 2. The van der Waals surface area contributed by atoms with Crippen molar-refractivity contribution in [3.05, 3.63) is 59.7 Å². The molecule has 4 heteroatoms. The summed E-state index contributed by atoms with van der Waals surface area (Å²) in [5.74, 6) is 0.525. The molecule has 0 aromatic heterocycles. The van der Waals surface area contributed by atoms with Crippen molar-refractivity contribution in [1.82, 2.24) is 0 Å². The van der Waals surface area contributed by atoms with Gasteiger partial charge in [0, 0.05) is 12.1 Å². The molecule has 2 aromatic rings. The maximum Gasteiger partial charge on any atom is 0.119 e. The lowest BCUT2D eigenvalue weighted by atomic mass is 10.0. The largest absolute Gasteiger partial charge is 0.508 e. The molecular formula is C26H36O4. The van der Waals surface area contributed by atoms with Crippen LogP contribution in [0.4, 0.5) is 0 Å². The van der Waals surface area contributed by atoms with E-state index in [4.69, 9.17) is 0 Å². The summed E-state index contributed by atoms with van der Waals surface area (Å²) in [6.45, 7) is 0. The van der Waals surface area contributed by atoms with Crippen molar-refractivity contribution >= 4 is 0 Å². The quantitative estimate of drug-likeness (QED) is 0.204. The Morgan fingerprint density at radius 1 is 0.433 bits per heavy atom. The van der Waals surface area contributed by atoms with Gasteiger partial charge in [-0.2, -0.15) is 0 Å². The van der Waals surface area contributed by atoms with Crippen molar-refractivity contribution in [3.63, 3.8) is 0 Å². The molecule has 4 N–H and O–H groups in total. The molecule has 0 fully saturated rings. The summed E-state index contributed by atoms with van der Waals surface area (Å²) >= 11 is 0. The van der Waals surface area contributed by atoms with Crippen LogP contribution in [0.25, 0.3) is 0 Å². The lowest BCUT2D eigenvalue weighted by Crippen LogP contribution is -1.86. The molecule has 0 radical (unpaired) electrons. The van der Waals surface area contributed by atoms with Gasteiger partial charge in [-0.25, -0.2) is 0 Å². The molecule has 0 atom stereocenters. The zero-order valence-corrected chi connectivity index (χ0v) is 17.9. The first-order valence-corrected chi connectivity index (χ1v) is 11.2. The third-order valence-corrected chi connectivity index (χ3v) is 5.26. The molecule has 0 aliphatic heterocycles. The minimum absolute atomic E-state index is 0.129. The van der Waals surface area contributed by atoms with Gasteiger partial charge >= 0.3 is 0 Å². The van der Waals surface area contributed by atoms with E-state index in [-0.39, 0.29) is 23.0 Å². The first-order valence-electron chi connectivity index (χ1n) is 11.2. The average Bonchev–Trinajstić information content (AvgIpc) is 2.66. The van der Waals surface area contributed by atoms with Gasteiger partial charge in [0.15, 0.2) is 0 Å². The molecule has 0 saturated heterocycles. The molecule has 0 bridgehead atoms. The van der Waals surface area contributed by atoms with Crippen LogP contribution in [0.2, 0.25) is 0 Å². The molecule has 0 aliphatic carbocycles. The molecular weight excluding hydrogens is 376 g/mol. The highest BCUT2D eigenvalue weighted by atomic mass is 16.3. The van der Waals surface area contributed by atoms with Gasteiger partial charge < -0.3 is 20.4 Å². The van der Waals surface area contributed by atoms with E-state index in [1.54, 1.807) is 24.3 Å². The highest BCUT2D eigenvalue weighted by molar-refractivity contribution is 5.37. The van der Waals surface area contributed by atoms with Crippen LogP contribution in [0.5, 0.6) is 23.0 Å². The molecule has 0 unspecified atom stereocenters. The summed E-state index contributed by atoms with van der Waals surface area (Å²) in [6, 6.07) is 9.61. The standard InChI is InChI=1S/C26H36O4/c27-23-15-21(16-24(28)19-23)13-11-9-7-5-3-1-2-4-6-8-10-12-14-22-17-25(29)20-26(30)18-22/h1,3,15-20,27-30H,2,4-14H2/b3-1-. The van der Waals surface area contributed by atoms with Crippen molar-refractivity contribution in [3.8, 4) is 23.0 Å². The molecule has 0 saturated carbocycles. The highest BCUT2D eigenvalue weighted by Gasteiger charge is 2.00. The Balaban J connectivity index is 1.40. The lowest BCUT2D eigenvalue weighted by molar-refractivity contribution is 0.447. The Hall–Kier alpha value is -2.62. The first kappa shape index (κ1) is 23.7. The van der Waals surface area contributed by atoms with Gasteiger partial charge in [-0.15, -0.1) is 0 Å². The van der Waals surface area contributed by atoms with Crippen molar-refractivity contribution < 1.29 is 20.4 Å². The van der Waals surface area contributed by atoms with E-state index < -0.39 is 0 Å². The van der Waals surface area contributed by atoms with Crippen LogP contribution >= 0.6 is 0 Å². The Labute approximate surface area is 180 Å². The minimum Gasteiger partial charge on any atom is -0.508 e. The molecule has 2 rings (SSSR count). The number of rotatable bonds is 14. The van der Waals surface area contributed by atoms with Gasteiger partial charge in [-0.1, -0.05) is 37.8 Å². The van der Waals surface area contributed by atoms with Gasteiger partial charge in [-0.3, -0.25) is 0 Å². The first-order chi connectivity index (χ1) is 14.5. The van der Waals surface area contributed by atoms with E-state index >= 15 is 0 Å². The summed E-state index contributed by atoms with van der Waals surface area (Å²) in [6.07, 6.45) is 18.0. The Morgan fingerprint density at radius 2 is 0.767 bits per heavy atom. The third kappa shape index (κ3) is 10.2. The highest BCUT2D eigenvalue weighted by Crippen LogP contribution is 2.23. The molecule has 164 valence electrons. The molecule has 0 aliphatic rings. The number of hydrogen-bond donors (Lipinski definition) is 4. The van der Waals surface area contributed by atoms with E-state index in [1.807, 2.05) is 0 Å². The fourth-order valence-electron chi connectivity index (χ4n) is 3.73. The Bertz CT molecular complexity index is 742. The smallest absolute Gasteiger partial charge is 0.119 e. The molecule has 0 heterocycles. The summed E-state index contributed by atoms with van der Waals surface area (Å²) in [5, 5.41) is 37.9. The lowest BCUT2D eigenvalue weighted by Gasteiger charge is -2.04. The minimum atomic E-state index is 0.129. The second-order valence-corrected chi connectivity index (χ2v) is 8.09. The van der Waals surface area contributed by atoms with Gasteiger partial charge in [0.05, 0.1) is 0 Å². The fraction of sp³-hybridized carbons (Fsp3) is 0.462. The number of benzene rings is 2. The predicted molar refractivity (Wildman–Crippen MR) is 122 cm³/mol. The van der Waals surface area contributed by atoms with Gasteiger partial charge in [0.2, 0.25) is 0 Å². The van der Waals surface area contributed by atoms with E-state index in [0.717, 1.165) is 56.1 Å². The fourth-order valence-corrected chi connectivity index (χ4v) is 3.73. The second kappa shape index (κ2) is 13.6. The van der Waals surface area contributed by atoms with Crippen molar-refractivity contribution in [2.45, 2.75) is 77.0 Å². The molecule has 0 amide bonds. The summed E-state index contributed by atoms with van der Waals surface area (Å²) in [7, 11) is 0. The van der Waals surface area contributed by atoms with Crippen LogP contribution in [0, 0.1) is 0 Å². The average molecular weight is 413 g/mol. The zero-order chi connectivity index (χ0) is 21.6. The van der Waals surface area contributed by atoms with Crippen LogP contribution in [0.3, 0.4) is 0 Å². The molecule has 30 heavy (non-hydrogen) atoms. The normalized spacial score (nSPS) is 11.3. The van der Waals surface area contributed by atoms with Crippen LogP contribution in [0.15, 0.2) is 48.6 Å². The number of phenolic OH excluding ortho intramolecular Hbond substituents is 4. The van der Waals surface area contributed by atoms with Crippen LogP contribution in [0.1, 0.15) is 75.3 Å². The van der Waals surface area contributed by atoms with E-state index in [1.165, 1.54) is 44.2 Å². The Kier molecular flexibility index (Phi) is 10.7. The maximum absolute atomic E-state index is 9.48. The van der Waals surface area contributed by atoms with Gasteiger partial charge in [-0.05, 0) is 86.8 Å². The van der Waals surface area contributed by atoms with Crippen LogP contribution in [-0.4, -0.2) is 20.4 Å². The summed E-state index contributed by atoms with van der Waals surface area (Å²) in [5.41, 5.74) is 1.98. The molecule has 0 spiro atoms. The van der Waals surface area contributed by atoms with E-state index in [2.05, 4.69) is 12.2 Å². The molecule has 2 aromatic carbocycles. The summed E-state index contributed by atoms with van der Waals surface area (Å²) < 4.78 is 0. The van der Waals surface area contributed by atoms with E-state index in [9.17, 15) is 20.4 Å². The Morgan fingerprint density at radius 3 is 1.20 bits per heavy atom. The number of hydrogen-bond acceptors (Lipinski definition) is 4. The second-order valence-electron chi connectivity index (χ2n) is 8.09. The van der Waals surface area contributed by atoms with Crippen molar-refractivity contribution in [1.29, 1.82) is 0 Å². The summed E-state index contributed by atoms with van der Waals surface area (Å²) in [4.78, 5) is 0. The topological polar surface area (TPSA) is 80.9 Å². The number of aromatic hydroxyl groups is 4. The monoisotopic (exact) mass is 412 g/mol. The van der Waals surface area contributed by atoms with Crippen molar-refractivity contribution in [2.75, 3.05) is 0 Å². The maximum atomic E-state index is 9.48. The number of aryl methyl sites for hydroxylation is 2. The van der Waals surface area contributed by atoms with Crippen LogP contribution in [-0.2, 0) is 12.8 Å². The van der Waals surface area contributed by atoms with Gasteiger partial charge in [0.1, 0.15) is 23.0 Å². The number of unbranched alkanes of at least 4 members (excludes halogenated alkanes) is 8.